The minimum Gasteiger partial charge on any atom is -0.493 e. The summed E-state index contributed by atoms with van der Waals surface area (Å²) in [4.78, 5) is 48.6. The quantitative estimate of drug-likeness (QED) is 0.0722. The van der Waals surface area contributed by atoms with Gasteiger partial charge in [0, 0.05) is 12.8 Å². The maximum Gasteiger partial charge on any atom is 0.306 e. The molecule has 0 atom stereocenters. The lowest BCUT2D eigenvalue weighted by Crippen LogP contribution is -2.24. The van der Waals surface area contributed by atoms with E-state index in [0.29, 0.717) is 60.2 Å². The smallest absolute Gasteiger partial charge is 0.306 e. The lowest BCUT2D eigenvalue weighted by atomic mass is 10.1. The summed E-state index contributed by atoms with van der Waals surface area (Å²) >= 11 is 0. The molecule has 0 aliphatic heterocycles. The van der Waals surface area contributed by atoms with Crippen LogP contribution in [0, 0.1) is 0 Å². The van der Waals surface area contributed by atoms with Crippen molar-refractivity contribution < 1.29 is 47.6 Å². The van der Waals surface area contributed by atoms with E-state index in [-0.39, 0.29) is 42.8 Å². The normalized spacial score (nSPS) is 11.7. The van der Waals surface area contributed by atoms with Gasteiger partial charge in [0.05, 0.1) is 33.9 Å². The molecule has 0 unspecified atom stereocenters. The number of carbonyl (C=O) groups excluding carboxylic acids is 4. The van der Waals surface area contributed by atoms with Crippen molar-refractivity contribution in [3.63, 3.8) is 0 Å². The molecule has 0 spiro atoms. The first-order valence-electron chi connectivity index (χ1n) is 15.6. The van der Waals surface area contributed by atoms with Gasteiger partial charge < -0.3 is 28.4 Å². The van der Waals surface area contributed by atoms with Crippen molar-refractivity contribution >= 4 is 35.7 Å². The average Bonchev–Trinajstić information content (AvgIpc) is 2.98. The van der Waals surface area contributed by atoms with Crippen molar-refractivity contribution in [2.45, 2.75) is 84.8 Å². The Balaban J connectivity index is 1.85. The third-order valence-electron chi connectivity index (χ3n) is 6.05. The SMILES string of the molecule is COc1cc(/C=C/C(=O)CC(=O)/C=C/c2ccc(OCCCC(=O)OC(C)(C)C)c(OC)c2)ccc1OCCCC(=O)OC(C)(C)C. The molecule has 2 aromatic carbocycles. The molecule has 0 heterocycles. The number of ether oxygens (including phenoxy) is 6. The summed E-state index contributed by atoms with van der Waals surface area (Å²) in [7, 11) is 3.02. The van der Waals surface area contributed by atoms with E-state index in [0.717, 1.165) is 0 Å². The van der Waals surface area contributed by atoms with E-state index >= 15 is 0 Å². The van der Waals surface area contributed by atoms with Crippen LogP contribution < -0.4 is 18.9 Å². The third kappa shape index (κ3) is 16.0. The van der Waals surface area contributed by atoms with Crippen LogP contribution in [0.5, 0.6) is 23.0 Å². The second-order valence-electron chi connectivity index (χ2n) is 12.7. The van der Waals surface area contributed by atoms with E-state index in [1.807, 2.05) is 41.5 Å². The van der Waals surface area contributed by atoms with E-state index in [4.69, 9.17) is 28.4 Å². The number of esters is 2. The van der Waals surface area contributed by atoms with E-state index in [1.165, 1.54) is 26.4 Å². The monoisotopic (exact) mass is 652 g/mol. The number of hydrogen-bond donors (Lipinski definition) is 0. The fraction of sp³-hybridized carbons (Fsp3) is 0.459. The van der Waals surface area contributed by atoms with Crippen LogP contribution in [0.4, 0.5) is 0 Å². The van der Waals surface area contributed by atoms with Gasteiger partial charge in [0.2, 0.25) is 0 Å². The Morgan fingerprint density at radius 2 is 0.979 bits per heavy atom. The summed E-state index contributed by atoms with van der Waals surface area (Å²) in [5, 5.41) is 0. The fourth-order valence-electron chi connectivity index (χ4n) is 4.06. The standard InChI is InChI=1S/C37H48O10/c1-36(2,3)46-34(40)11-9-21-44-30-19-15-26(23-32(30)42-7)13-17-28(38)25-29(39)18-14-27-16-20-31(33(24-27)43-8)45-22-10-12-35(41)47-37(4,5)6/h13-20,23-24H,9-12,21-22,25H2,1-8H3/b17-13+,18-14+. The second kappa shape index (κ2) is 18.5. The summed E-state index contributed by atoms with van der Waals surface area (Å²) < 4.78 is 32.9. The van der Waals surface area contributed by atoms with E-state index in [2.05, 4.69) is 0 Å². The molecule has 0 aliphatic rings. The average molecular weight is 653 g/mol. The highest BCUT2D eigenvalue weighted by molar-refractivity contribution is 6.10. The molecule has 0 aromatic heterocycles. The molecular weight excluding hydrogens is 604 g/mol. The number of allylic oxidation sites excluding steroid dienone is 2. The number of methoxy groups -OCH3 is 2. The van der Waals surface area contributed by atoms with Gasteiger partial charge >= 0.3 is 11.9 Å². The predicted octanol–water partition coefficient (Wildman–Crippen LogP) is 6.96. The predicted molar refractivity (Wildman–Crippen MR) is 180 cm³/mol. The fourth-order valence-corrected chi connectivity index (χ4v) is 4.06. The van der Waals surface area contributed by atoms with E-state index in [9.17, 15) is 19.2 Å². The van der Waals surface area contributed by atoms with Crippen LogP contribution in [0.3, 0.4) is 0 Å². The van der Waals surface area contributed by atoms with Crippen molar-refractivity contribution in [3.05, 3.63) is 59.7 Å². The zero-order valence-corrected chi connectivity index (χ0v) is 28.8. The molecule has 2 rings (SSSR count). The summed E-state index contributed by atoms with van der Waals surface area (Å²) in [6, 6.07) is 10.4. The zero-order chi connectivity index (χ0) is 35.0. The first-order chi connectivity index (χ1) is 22.1. The van der Waals surface area contributed by atoms with Crippen molar-refractivity contribution in [2.75, 3.05) is 27.4 Å². The minimum absolute atomic E-state index is 0.242. The Morgan fingerprint density at radius 3 is 1.32 bits per heavy atom. The maximum absolute atomic E-state index is 12.5. The van der Waals surface area contributed by atoms with Gasteiger partial charge in [-0.25, -0.2) is 0 Å². The second-order valence-corrected chi connectivity index (χ2v) is 12.7. The van der Waals surface area contributed by atoms with E-state index < -0.39 is 11.2 Å². The van der Waals surface area contributed by atoms with Crippen molar-refractivity contribution in [1.29, 1.82) is 0 Å². The molecule has 0 saturated heterocycles. The van der Waals surface area contributed by atoms with Gasteiger partial charge in [0.15, 0.2) is 34.6 Å². The van der Waals surface area contributed by atoms with Crippen LogP contribution in [0.2, 0.25) is 0 Å². The van der Waals surface area contributed by atoms with E-state index in [1.54, 1.807) is 48.6 Å². The molecule has 2 aromatic rings. The van der Waals surface area contributed by atoms with Crippen LogP contribution in [-0.4, -0.2) is 62.1 Å². The lowest BCUT2D eigenvalue weighted by molar-refractivity contribution is -0.156. The molecule has 0 bridgehead atoms. The van der Waals surface area contributed by atoms with Gasteiger partial charge in [0.1, 0.15) is 11.2 Å². The van der Waals surface area contributed by atoms with Crippen LogP contribution in [0.15, 0.2) is 48.6 Å². The Kier molecular flexibility index (Phi) is 15.2. The van der Waals surface area contributed by atoms with Crippen molar-refractivity contribution in [2.24, 2.45) is 0 Å². The van der Waals surface area contributed by atoms with Gasteiger partial charge in [-0.3, -0.25) is 19.2 Å². The Bertz CT molecular complexity index is 1320. The highest BCUT2D eigenvalue weighted by atomic mass is 16.6. The first kappa shape index (κ1) is 38.6. The molecule has 0 radical (unpaired) electrons. The lowest BCUT2D eigenvalue weighted by Gasteiger charge is -2.19. The number of rotatable bonds is 18. The van der Waals surface area contributed by atoms with Gasteiger partial charge in [-0.1, -0.05) is 24.3 Å². The molecule has 10 nitrogen and oxygen atoms in total. The molecule has 47 heavy (non-hydrogen) atoms. The summed E-state index contributed by atoms with van der Waals surface area (Å²) in [6.45, 7) is 11.5. The topological polar surface area (TPSA) is 124 Å². The van der Waals surface area contributed by atoms with Gasteiger partial charge in [-0.05, 0) is 102 Å². The maximum atomic E-state index is 12.5. The number of benzene rings is 2. The van der Waals surface area contributed by atoms with Crippen molar-refractivity contribution in [1.82, 2.24) is 0 Å². The van der Waals surface area contributed by atoms with Crippen LogP contribution >= 0.6 is 0 Å². The van der Waals surface area contributed by atoms with Crippen LogP contribution in [0.25, 0.3) is 12.2 Å². The van der Waals surface area contributed by atoms with Gasteiger partial charge in [0.25, 0.3) is 0 Å². The molecule has 256 valence electrons. The molecule has 0 saturated carbocycles. The van der Waals surface area contributed by atoms with Gasteiger partial charge in [-0.15, -0.1) is 0 Å². The Morgan fingerprint density at radius 1 is 0.596 bits per heavy atom. The molecule has 10 heteroatoms. The van der Waals surface area contributed by atoms with Gasteiger partial charge in [-0.2, -0.15) is 0 Å². The summed E-state index contributed by atoms with van der Waals surface area (Å²) in [6.07, 6.45) is 7.07. The summed E-state index contributed by atoms with van der Waals surface area (Å²) in [5.41, 5.74) is 0.336. The highest BCUT2D eigenvalue weighted by Crippen LogP contribution is 2.30. The third-order valence-corrected chi connectivity index (χ3v) is 6.05. The van der Waals surface area contributed by atoms with Crippen molar-refractivity contribution in [3.8, 4) is 23.0 Å². The molecule has 0 amide bonds. The highest BCUT2D eigenvalue weighted by Gasteiger charge is 2.17. The zero-order valence-electron chi connectivity index (χ0n) is 28.8. The molecule has 0 aliphatic carbocycles. The number of hydrogen-bond acceptors (Lipinski definition) is 10. The van der Waals surface area contributed by atoms with Crippen LogP contribution in [-0.2, 0) is 28.7 Å². The molecule has 0 N–H and O–H groups in total. The Labute approximate surface area is 278 Å². The summed E-state index contributed by atoms with van der Waals surface area (Å²) in [5.74, 6) is 0.704. The number of carbonyl (C=O) groups is 4. The molecular formula is C37H48O10. The first-order valence-corrected chi connectivity index (χ1v) is 15.6. The molecule has 0 fully saturated rings. The van der Waals surface area contributed by atoms with Crippen LogP contribution in [0.1, 0.15) is 84.8 Å². The largest absolute Gasteiger partial charge is 0.493 e. The number of ketones is 2. The minimum atomic E-state index is -0.525. The Hall–Kier alpha value is -4.60.